The van der Waals surface area contributed by atoms with Gasteiger partial charge in [-0.15, -0.1) is 0 Å². The van der Waals surface area contributed by atoms with Crippen LogP contribution in [-0.4, -0.2) is 47.1 Å². The fraction of sp³-hybridized carbons (Fsp3) is 0.600. The minimum atomic E-state index is -1.18. The van der Waals surface area contributed by atoms with E-state index in [-0.39, 0.29) is 17.7 Å². The molecule has 2 N–H and O–H groups in total. The highest BCUT2D eigenvalue weighted by Crippen LogP contribution is 2.29. The van der Waals surface area contributed by atoms with Crippen molar-refractivity contribution in [3.63, 3.8) is 0 Å². The van der Waals surface area contributed by atoms with Crippen LogP contribution in [0.4, 0.5) is 0 Å². The van der Waals surface area contributed by atoms with Crippen molar-refractivity contribution in [1.82, 2.24) is 10.2 Å². The van der Waals surface area contributed by atoms with Gasteiger partial charge in [-0.25, -0.2) is 0 Å². The largest absolute Gasteiger partial charge is 0.458 e. The van der Waals surface area contributed by atoms with Crippen LogP contribution in [0, 0.1) is 5.92 Å². The molecule has 2 fully saturated rings. The Morgan fingerprint density at radius 1 is 1.41 bits per heavy atom. The highest BCUT2D eigenvalue weighted by molar-refractivity contribution is 9.10. The van der Waals surface area contributed by atoms with E-state index in [2.05, 4.69) is 21.2 Å². The summed E-state index contributed by atoms with van der Waals surface area (Å²) in [5.74, 6) is 0.137. The van der Waals surface area contributed by atoms with E-state index in [9.17, 15) is 14.7 Å². The maximum Gasteiger partial charge on any atom is 0.289 e. The molecule has 1 saturated heterocycles. The van der Waals surface area contributed by atoms with Crippen molar-refractivity contribution in [2.24, 2.45) is 5.92 Å². The van der Waals surface area contributed by atoms with Gasteiger partial charge in [0.05, 0.1) is 4.47 Å². The molecule has 1 aliphatic heterocycles. The maximum absolute atomic E-state index is 12.1. The molecular formula is C15H19BrN2O4. The number of amides is 2. The van der Waals surface area contributed by atoms with E-state index < -0.39 is 5.60 Å². The summed E-state index contributed by atoms with van der Waals surface area (Å²) in [6.45, 7) is 1.68. The Kier molecular flexibility index (Phi) is 4.27. The Labute approximate surface area is 137 Å². The second-order valence-corrected chi connectivity index (χ2v) is 7.07. The van der Waals surface area contributed by atoms with Crippen molar-refractivity contribution >= 4 is 27.7 Å². The number of halogens is 1. The summed E-state index contributed by atoms with van der Waals surface area (Å²) in [5.41, 5.74) is -1.18. The van der Waals surface area contributed by atoms with Crippen molar-refractivity contribution in [2.75, 3.05) is 19.6 Å². The van der Waals surface area contributed by atoms with E-state index in [0.717, 1.165) is 17.3 Å². The lowest BCUT2D eigenvalue weighted by molar-refractivity contribution is -0.139. The molecule has 1 aliphatic carbocycles. The van der Waals surface area contributed by atoms with Gasteiger partial charge in [-0.1, -0.05) is 0 Å². The van der Waals surface area contributed by atoms with Gasteiger partial charge in [-0.2, -0.15) is 0 Å². The molecular weight excluding hydrogens is 352 g/mol. The fourth-order valence-electron chi connectivity index (χ4n) is 3.03. The van der Waals surface area contributed by atoms with Crippen LogP contribution in [0.25, 0.3) is 0 Å². The smallest absolute Gasteiger partial charge is 0.289 e. The van der Waals surface area contributed by atoms with Gasteiger partial charge in [0, 0.05) is 31.6 Å². The molecule has 3 rings (SSSR count). The number of aliphatic hydroxyl groups is 1. The summed E-state index contributed by atoms with van der Waals surface area (Å²) >= 11 is 3.24. The van der Waals surface area contributed by atoms with Crippen molar-refractivity contribution in [1.29, 1.82) is 0 Å². The molecule has 2 amide bonds. The van der Waals surface area contributed by atoms with E-state index in [4.69, 9.17) is 4.42 Å². The Morgan fingerprint density at radius 3 is 2.68 bits per heavy atom. The zero-order valence-corrected chi connectivity index (χ0v) is 13.8. The first kappa shape index (κ1) is 15.6. The molecule has 0 bridgehead atoms. The summed E-state index contributed by atoms with van der Waals surface area (Å²) < 4.78 is 5.90. The quantitative estimate of drug-likeness (QED) is 0.841. The molecule has 0 spiro atoms. The lowest BCUT2D eigenvalue weighted by Crippen LogP contribution is -2.55. The number of nitrogens with one attached hydrogen (secondary N) is 1. The van der Waals surface area contributed by atoms with Gasteiger partial charge < -0.3 is 19.7 Å². The van der Waals surface area contributed by atoms with Gasteiger partial charge in [0.25, 0.3) is 11.8 Å². The monoisotopic (exact) mass is 370 g/mol. The number of likely N-dealkylation sites (tertiary alicyclic amines) is 1. The average molecular weight is 371 g/mol. The van der Waals surface area contributed by atoms with Gasteiger partial charge >= 0.3 is 0 Å². The summed E-state index contributed by atoms with van der Waals surface area (Å²) in [5, 5.41) is 13.0. The van der Waals surface area contributed by atoms with Crippen LogP contribution in [-0.2, 0) is 4.79 Å². The molecule has 2 heterocycles. The number of nitrogens with zero attached hydrogens (tertiary/aromatic N) is 1. The van der Waals surface area contributed by atoms with Crippen molar-refractivity contribution < 1.29 is 19.1 Å². The summed E-state index contributed by atoms with van der Waals surface area (Å²) in [6, 6.07) is 1.65. The molecule has 0 atom stereocenters. The Morgan fingerprint density at radius 2 is 2.09 bits per heavy atom. The molecule has 1 saturated carbocycles. The van der Waals surface area contributed by atoms with Crippen LogP contribution in [0.15, 0.2) is 21.2 Å². The standard InChI is InChI=1S/C15H19BrN2O4/c16-11-5-12(22-9-11)13(19)18-7-10(8-18)6-17-14(20)15(21)3-1-2-4-15/h5,9-10,21H,1-4,6-8H2,(H,17,20). The van der Waals surface area contributed by atoms with Crippen LogP contribution in [0.3, 0.4) is 0 Å². The number of hydrogen-bond donors (Lipinski definition) is 2. The van der Waals surface area contributed by atoms with Gasteiger partial charge in [-0.3, -0.25) is 9.59 Å². The summed E-state index contributed by atoms with van der Waals surface area (Å²) in [6.07, 6.45) is 4.36. The van der Waals surface area contributed by atoms with Gasteiger partial charge in [0.1, 0.15) is 11.9 Å². The van der Waals surface area contributed by atoms with E-state index >= 15 is 0 Å². The maximum atomic E-state index is 12.1. The van der Waals surface area contributed by atoms with E-state index in [1.807, 2.05) is 0 Å². The van der Waals surface area contributed by atoms with Gasteiger partial charge in [0.2, 0.25) is 0 Å². The van der Waals surface area contributed by atoms with E-state index in [0.29, 0.717) is 38.2 Å². The molecule has 22 heavy (non-hydrogen) atoms. The molecule has 6 nitrogen and oxygen atoms in total. The van der Waals surface area contributed by atoms with Crippen molar-refractivity contribution in [3.8, 4) is 0 Å². The molecule has 0 unspecified atom stereocenters. The SMILES string of the molecule is O=C(c1cc(Br)co1)N1CC(CNC(=O)C2(O)CCCC2)C1. The molecule has 7 heteroatoms. The zero-order valence-electron chi connectivity index (χ0n) is 12.2. The summed E-state index contributed by atoms with van der Waals surface area (Å²) in [7, 11) is 0. The molecule has 0 radical (unpaired) electrons. The Hall–Kier alpha value is -1.34. The Balaban J connectivity index is 1.42. The molecule has 1 aromatic rings. The predicted molar refractivity (Wildman–Crippen MR) is 82.2 cm³/mol. The number of carbonyl (C=O) groups is 2. The third kappa shape index (κ3) is 3.05. The molecule has 2 aliphatic rings. The van der Waals surface area contributed by atoms with Crippen LogP contribution >= 0.6 is 15.9 Å². The van der Waals surface area contributed by atoms with Crippen LogP contribution in [0.5, 0.6) is 0 Å². The zero-order chi connectivity index (χ0) is 15.7. The number of furan rings is 1. The van der Waals surface area contributed by atoms with Gasteiger partial charge in [0.15, 0.2) is 5.76 Å². The fourth-order valence-corrected chi connectivity index (χ4v) is 3.34. The highest BCUT2D eigenvalue weighted by Gasteiger charge is 2.40. The number of carbonyl (C=O) groups excluding carboxylic acids is 2. The topological polar surface area (TPSA) is 82.8 Å². The van der Waals surface area contributed by atoms with Gasteiger partial charge in [-0.05, 0) is 41.6 Å². The van der Waals surface area contributed by atoms with Crippen molar-refractivity contribution in [2.45, 2.75) is 31.3 Å². The number of hydrogen-bond acceptors (Lipinski definition) is 4. The normalized spacial score (nSPS) is 20.7. The van der Waals surface area contributed by atoms with Crippen LogP contribution in [0.1, 0.15) is 36.2 Å². The second kappa shape index (κ2) is 6.04. The second-order valence-electron chi connectivity index (χ2n) is 6.15. The summed E-state index contributed by atoms with van der Waals surface area (Å²) in [4.78, 5) is 25.7. The van der Waals surface area contributed by atoms with Crippen LogP contribution < -0.4 is 5.32 Å². The third-order valence-corrected chi connectivity index (χ3v) is 4.84. The Bertz CT molecular complexity index is 574. The lowest BCUT2D eigenvalue weighted by Gasteiger charge is -2.39. The van der Waals surface area contributed by atoms with Crippen molar-refractivity contribution in [3.05, 3.63) is 22.6 Å². The highest BCUT2D eigenvalue weighted by atomic mass is 79.9. The minimum absolute atomic E-state index is 0.136. The predicted octanol–water partition coefficient (Wildman–Crippen LogP) is 1.54. The molecule has 0 aromatic carbocycles. The molecule has 1 aromatic heterocycles. The minimum Gasteiger partial charge on any atom is -0.458 e. The molecule has 120 valence electrons. The lowest BCUT2D eigenvalue weighted by atomic mass is 9.97. The first-order chi connectivity index (χ1) is 10.5. The number of rotatable bonds is 4. The third-order valence-electron chi connectivity index (χ3n) is 4.43. The first-order valence-electron chi connectivity index (χ1n) is 7.52. The average Bonchev–Trinajstić information content (AvgIpc) is 3.06. The van der Waals surface area contributed by atoms with Crippen LogP contribution in [0.2, 0.25) is 0 Å². The first-order valence-corrected chi connectivity index (χ1v) is 8.31. The van der Waals surface area contributed by atoms with E-state index in [1.165, 1.54) is 6.26 Å². The van der Waals surface area contributed by atoms with E-state index in [1.54, 1.807) is 11.0 Å².